The van der Waals surface area contributed by atoms with Gasteiger partial charge in [0.1, 0.15) is 0 Å². The fourth-order valence-corrected chi connectivity index (χ4v) is 4.14. The molecule has 2 nitrogen and oxygen atoms in total. The van der Waals surface area contributed by atoms with E-state index >= 15 is 0 Å². The van der Waals surface area contributed by atoms with Crippen molar-refractivity contribution >= 4 is 33.1 Å². The second-order valence-electron chi connectivity index (χ2n) is 5.64. The Bertz CT molecular complexity index is 1110. The minimum atomic E-state index is 0. The summed E-state index contributed by atoms with van der Waals surface area (Å²) >= 11 is 1.72. The van der Waals surface area contributed by atoms with Crippen LogP contribution < -0.4 is 0 Å². The fourth-order valence-electron chi connectivity index (χ4n) is 3.18. The van der Waals surface area contributed by atoms with Gasteiger partial charge in [0.05, 0.1) is 0 Å². The summed E-state index contributed by atoms with van der Waals surface area (Å²) in [6.07, 6.45) is 1.82. The van der Waals surface area contributed by atoms with Gasteiger partial charge in [0.2, 0.25) is 0 Å². The van der Waals surface area contributed by atoms with Crippen molar-refractivity contribution in [3.05, 3.63) is 85.1 Å². The summed E-state index contributed by atoms with van der Waals surface area (Å²) in [5.41, 5.74) is 3.41. The molecule has 0 amide bonds. The normalized spacial score (nSPS) is 10.9. The van der Waals surface area contributed by atoms with E-state index in [1.54, 1.807) is 11.3 Å². The Kier molecular flexibility index (Phi) is 4.26. The number of hydrogen-bond acceptors (Lipinski definition) is 2. The van der Waals surface area contributed by atoms with Crippen LogP contribution in [0, 0.1) is 6.07 Å². The first-order valence-electron chi connectivity index (χ1n) is 7.83. The van der Waals surface area contributed by atoms with Gasteiger partial charge in [-0.15, -0.1) is 6.07 Å². The van der Waals surface area contributed by atoms with E-state index in [-0.39, 0.29) is 20.1 Å². The van der Waals surface area contributed by atoms with Crippen LogP contribution in [0.5, 0.6) is 0 Å². The Morgan fingerprint density at radius 2 is 1.44 bits per heavy atom. The smallest absolute Gasteiger partial charge is 0.0431 e. The van der Waals surface area contributed by atoms with Gasteiger partial charge in [0.25, 0.3) is 0 Å². The van der Waals surface area contributed by atoms with Gasteiger partial charge < -0.3 is 9.55 Å². The van der Waals surface area contributed by atoms with Gasteiger partial charge in [-0.3, -0.25) is 0 Å². The van der Waals surface area contributed by atoms with Gasteiger partial charge in [-0.1, -0.05) is 53.4 Å². The molecular weight excluding hydrogens is 505 g/mol. The number of pyridine rings is 1. The summed E-state index contributed by atoms with van der Waals surface area (Å²) in [4.78, 5) is 5.50. The van der Waals surface area contributed by atoms with Gasteiger partial charge >= 0.3 is 0 Å². The van der Waals surface area contributed by atoms with E-state index in [0.717, 1.165) is 15.6 Å². The number of para-hydroxylation sites is 2. The Balaban J connectivity index is 0.00000157. The number of rotatable bonds is 2. The molecular formula is C21H13IrN2S-. The third kappa shape index (κ3) is 2.63. The van der Waals surface area contributed by atoms with Crippen LogP contribution in [0.1, 0.15) is 0 Å². The van der Waals surface area contributed by atoms with Crippen LogP contribution in [0.2, 0.25) is 0 Å². The molecule has 5 aromatic rings. The van der Waals surface area contributed by atoms with Crippen molar-refractivity contribution in [2.75, 3.05) is 0 Å². The Labute approximate surface area is 163 Å². The average molecular weight is 518 g/mol. The molecule has 3 aromatic heterocycles. The van der Waals surface area contributed by atoms with Crippen molar-refractivity contribution in [1.29, 1.82) is 0 Å². The number of fused-ring (bicyclic) bond motifs is 3. The summed E-state index contributed by atoms with van der Waals surface area (Å²) in [6.45, 7) is 0. The Morgan fingerprint density at radius 1 is 0.800 bits per heavy atom. The molecule has 0 atom stereocenters. The van der Waals surface area contributed by atoms with Crippen LogP contribution in [0.4, 0.5) is 0 Å². The van der Waals surface area contributed by atoms with Crippen LogP contribution in [0.25, 0.3) is 37.4 Å². The van der Waals surface area contributed by atoms with Crippen molar-refractivity contribution in [2.45, 2.75) is 0 Å². The maximum absolute atomic E-state index is 4.44. The number of nitrogens with zero attached hydrogens (tertiary/aromatic N) is 2. The van der Waals surface area contributed by atoms with Gasteiger partial charge in [-0.05, 0) is 28.9 Å². The third-order valence-electron chi connectivity index (χ3n) is 4.23. The minimum Gasteiger partial charge on any atom is -0.354 e. The molecule has 4 heteroatoms. The zero-order chi connectivity index (χ0) is 15.9. The van der Waals surface area contributed by atoms with Crippen molar-refractivity contribution < 1.29 is 20.1 Å². The van der Waals surface area contributed by atoms with Crippen LogP contribution in [-0.2, 0) is 20.1 Å². The molecule has 0 saturated heterocycles. The van der Waals surface area contributed by atoms with Crippen molar-refractivity contribution in [2.24, 2.45) is 0 Å². The molecule has 123 valence electrons. The predicted molar refractivity (Wildman–Crippen MR) is 101 cm³/mol. The number of thiophene rings is 1. The minimum absolute atomic E-state index is 0. The average Bonchev–Trinajstić information content (AvgIpc) is 3.25. The molecule has 0 aliphatic rings. The van der Waals surface area contributed by atoms with E-state index in [1.165, 1.54) is 21.8 Å². The van der Waals surface area contributed by atoms with Crippen LogP contribution in [-0.4, -0.2) is 9.55 Å². The summed E-state index contributed by atoms with van der Waals surface area (Å²) in [6, 6.07) is 28.5. The zero-order valence-corrected chi connectivity index (χ0v) is 16.4. The van der Waals surface area contributed by atoms with Crippen LogP contribution >= 0.6 is 11.3 Å². The number of aromatic nitrogens is 2. The summed E-state index contributed by atoms with van der Waals surface area (Å²) in [5.74, 6) is 0. The summed E-state index contributed by atoms with van der Waals surface area (Å²) in [7, 11) is 0. The van der Waals surface area contributed by atoms with E-state index in [2.05, 4.69) is 70.2 Å². The zero-order valence-electron chi connectivity index (χ0n) is 13.1. The quantitative estimate of drug-likeness (QED) is 0.275. The molecule has 0 unspecified atom stereocenters. The van der Waals surface area contributed by atoms with Crippen molar-refractivity contribution in [3.8, 4) is 15.6 Å². The van der Waals surface area contributed by atoms with Crippen molar-refractivity contribution in [3.63, 3.8) is 0 Å². The van der Waals surface area contributed by atoms with E-state index in [4.69, 9.17) is 0 Å². The largest absolute Gasteiger partial charge is 0.354 e. The van der Waals surface area contributed by atoms with Gasteiger partial charge in [0, 0.05) is 48.1 Å². The summed E-state index contributed by atoms with van der Waals surface area (Å²) in [5, 5.41) is 3.72. The van der Waals surface area contributed by atoms with Gasteiger partial charge in [-0.25, -0.2) is 11.3 Å². The molecule has 0 spiro atoms. The molecule has 2 aromatic carbocycles. The van der Waals surface area contributed by atoms with E-state index in [1.807, 2.05) is 24.4 Å². The molecule has 25 heavy (non-hydrogen) atoms. The van der Waals surface area contributed by atoms with Gasteiger partial charge in [0.15, 0.2) is 0 Å². The molecule has 0 bridgehead atoms. The molecule has 0 N–H and O–H groups in total. The first-order chi connectivity index (χ1) is 11.9. The molecule has 1 radical (unpaired) electrons. The molecule has 0 aliphatic heterocycles. The van der Waals surface area contributed by atoms with E-state index in [9.17, 15) is 0 Å². The topological polar surface area (TPSA) is 17.8 Å². The monoisotopic (exact) mass is 518 g/mol. The molecule has 5 rings (SSSR count). The maximum atomic E-state index is 4.44. The number of hydrogen-bond donors (Lipinski definition) is 0. The Hall–Kier alpha value is -2.26. The second-order valence-corrected chi connectivity index (χ2v) is 6.67. The molecule has 0 saturated carbocycles. The van der Waals surface area contributed by atoms with Gasteiger partial charge in [-0.2, -0.15) is 6.07 Å². The second kappa shape index (κ2) is 6.57. The SMILES string of the molecule is [Ir].[c-]1cc(-n2c3ccccc3c3ccccc32)sc1-c1ccccn1. The predicted octanol–water partition coefficient (Wildman–Crippen LogP) is 5.70. The summed E-state index contributed by atoms with van der Waals surface area (Å²) < 4.78 is 2.32. The molecule has 3 heterocycles. The van der Waals surface area contributed by atoms with E-state index in [0.29, 0.717) is 0 Å². The standard InChI is InChI=1S/C21H13N2S.Ir/c1-3-10-18-15(7-1)16-8-2-4-11-19(16)23(18)21-13-12-20(24-21)17-9-5-6-14-22-17;/h1-11,13-14H;/q-1;. The van der Waals surface area contributed by atoms with E-state index < -0.39 is 0 Å². The maximum Gasteiger partial charge on any atom is 0.0431 e. The Morgan fingerprint density at radius 3 is 2.08 bits per heavy atom. The molecule has 0 aliphatic carbocycles. The van der Waals surface area contributed by atoms with Crippen molar-refractivity contribution in [1.82, 2.24) is 9.55 Å². The third-order valence-corrected chi connectivity index (χ3v) is 5.27. The first-order valence-corrected chi connectivity index (χ1v) is 8.65. The number of benzene rings is 2. The molecule has 0 fully saturated rings. The van der Waals surface area contributed by atoms with Crippen LogP contribution in [0.15, 0.2) is 79.0 Å². The van der Waals surface area contributed by atoms with Crippen LogP contribution in [0.3, 0.4) is 0 Å². The first kappa shape index (κ1) is 16.2. The fraction of sp³-hybridized carbons (Fsp3) is 0.